The smallest absolute Gasteiger partial charge is 0.414 e. The molecule has 0 saturated carbocycles. The van der Waals surface area contributed by atoms with Gasteiger partial charge in [0.2, 0.25) is 5.95 Å². The van der Waals surface area contributed by atoms with Gasteiger partial charge in [-0.1, -0.05) is 0 Å². The Bertz CT molecular complexity index is 1260. The van der Waals surface area contributed by atoms with E-state index in [0.717, 1.165) is 36.3 Å². The highest BCUT2D eigenvalue weighted by atomic mass is 16.6. The lowest BCUT2D eigenvalue weighted by molar-refractivity contribution is -0.0320. The highest BCUT2D eigenvalue weighted by Gasteiger charge is 2.40. The summed E-state index contributed by atoms with van der Waals surface area (Å²) in [4.78, 5) is 25.4. The maximum absolute atomic E-state index is 12.4. The number of aromatic nitrogens is 2. The molecule has 9 nitrogen and oxygen atoms in total. The fraction of sp³-hybridized carbons (Fsp3) is 0.400. The van der Waals surface area contributed by atoms with Crippen LogP contribution in [-0.4, -0.2) is 65.0 Å². The molecule has 34 heavy (non-hydrogen) atoms. The Morgan fingerprint density at radius 1 is 1.24 bits per heavy atom. The molecule has 1 unspecified atom stereocenters. The summed E-state index contributed by atoms with van der Waals surface area (Å²) in [5.41, 5.74) is 3.58. The van der Waals surface area contributed by atoms with E-state index in [4.69, 9.17) is 9.47 Å². The van der Waals surface area contributed by atoms with Crippen LogP contribution in [0.3, 0.4) is 0 Å². The SMILES string of the molecule is COc1cc2c(cc1Nc1ncc3ccc(N4CC(C(C)(C)O)OC4=O)cc3n1)CN(C)CC2. The zero-order valence-corrected chi connectivity index (χ0v) is 19.8. The quantitative estimate of drug-likeness (QED) is 0.593. The molecule has 3 aromatic rings. The number of methoxy groups -OCH3 is 1. The van der Waals surface area contributed by atoms with Crippen molar-refractivity contribution in [1.29, 1.82) is 0 Å². The van der Waals surface area contributed by atoms with Crippen LogP contribution >= 0.6 is 0 Å². The number of carbonyl (C=O) groups is 1. The number of likely N-dealkylation sites (N-methyl/N-ethyl adjacent to an activating group) is 1. The number of ether oxygens (including phenoxy) is 2. The zero-order chi connectivity index (χ0) is 24.0. The van der Waals surface area contributed by atoms with Crippen molar-refractivity contribution in [2.45, 2.75) is 38.5 Å². The van der Waals surface area contributed by atoms with Crippen LogP contribution in [0.25, 0.3) is 10.9 Å². The van der Waals surface area contributed by atoms with Gasteiger partial charge in [0.15, 0.2) is 0 Å². The topological polar surface area (TPSA) is 100 Å². The lowest BCUT2D eigenvalue weighted by Crippen LogP contribution is -2.39. The lowest BCUT2D eigenvalue weighted by Gasteiger charge is -2.26. The van der Waals surface area contributed by atoms with Crippen LogP contribution in [-0.2, 0) is 17.7 Å². The molecule has 1 aromatic heterocycles. The molecule has 9 heteroatoms. The van der Waals surface area contributed by atoms with E-state index in [9.17, 15) is 9.90 Å². The van der Waals surface area contributed by atoms with Crippen LogP contribution in [0.1, 0.15) is 25.0 Å². The first-order valence-corrected chi connectivity index (χ1v) is 11.3. The number of aliphatic hydroxyl groups is 1. The molecule has 1 atom stereocenters. The van der Waals surface area contributed by atoms with Gasteiger partial charge in [-0.2, -0.15) is 0 Å². The molecule has 2 aliphatic heterocycles. The minimum absolute atomic E-state index is 0.269. The molecule has 1 saturated heterocycles. The summed E-state index contributed by atoms with van der Waals surface area (Å²) in [7, 11) is 3.77. The third kappa shape index (κ3) is 4.24. The average molecular weight is 464 g/mol. The van der Waals surface area contributed by atoms with Crippen molar-refractivity contribution in [1.82, 2.24) is 14.9 Å². The maximum Gasteiger partial charge on any atom is 0.414 e. The largest absolute Gasteiger partial charge is 0.495 e. The monoisotopic (exact) mass is 463 g/mol. The first-order chi connectivity index (χ1) is 16.2. The predicted molar refractivity (Wildman–Crippen MR) is 130 cm³/mol. The van der Waals surface area contributed by atoms with Gasteiger partial charge in [0, 0.05) is 30.4 Å². The van der Waals surface area contributed by atoms with Gasteiger partial charge < -0.3 is 24.8 Å². The first kappa shape index (κ1) is 22.4. The van der Waals surface area contributed by atoms with Crippen molar-refractivity contribution < 1.29 is 19.4 Å². The molecule has 178 valence electrons. The van der Waals surface area contributed by atoms with Gasteiger partial charge in [-0.3, -0.25) is 4.90 Å². The second-order valence-corrected chi connectivity index (χ2v) is 9.51. The highest BCUT2D eigenvalue weighted by Crippen LogP contribution is 2.34. The average Bonchev–Trinajstić information content (AvgIpc) is 3.20. The molecular formula is C25H29N5O4. The Hall–Kier alpha value is -3.43. The van der Waals surface area contributed by atoms with E-state index in [2.05, 4.69) is 39.4 Å². The van der Waals surface area contributed by atoms with Gasteiger partial charge >= 0.3 is 6.09 Å². The van der Waals surface area contributed by atoms with Gasteiger partial charge in [0.1, 0.15) is 11.9 Å². The molecule has 2 N–H and O–H groups in total. The van der Waals surface area contributed by atoms with E-state index in [1.807, 2.05) is 18.2 Å². The summed E-state index contributed by atoms with van der Waals surface area (Å²) < 4.78 is 11.0. The maximum atomic E-state index is 12.4. The Labute approximate surface area is 198 Å². The fourth-order valence-corrected chi connectivity index (χ4v) is 4.40. The van der Waals surface area contributed by atoms with Crippen LogP contribution in [0, 0.1) is 0 Å². The summed E-state index contributed by atoms with van der Waals surface area (Å²) in [5.74, 6) is 1.18. The van der Waals surface area contributed by atoms with E-state index in [1.54, 1.807) is 27.2 Å². The number of benzene rings is 2. The van der Waals surface area contributed by atoms with E-state index in [0.29, 0.717) is 17.2 Å². The number of cyclic esters (lactones) is 1. The number of amides is 1. The highest BCUT2D eigenvalue weighted by molar-refractivity contribution is 5.93. The number of nitrogens with one attached hydrogen (secondary N) is 1. The Kier molecular flexibility index (Phi) is 5.53. The Morgan fingerprint density at radius 3 is 2.79 bits per heavy atom. The van der Waals surface area contributed by atoms with Gasteiger partial charge in [0.25, 0.3) is 0 Å². The number of carbonyl (C=O) groups excluding carboxylic acids is 1. The van der Waals surface area contributed by atoms with E-state index in [1.165, 1.54) is 16.0 Å². The number of rotatable bonds is 5. The molecule has 1 amide bonds. The van der Waals surface area contributed by atoms with Crippen molar-refractivity contribution >= 4 is 34.3 Å². The molecular weight excluding hydrogens is 434 g/mol. The molecule has 3 heterocycles. The number of hydrogen-bond donors (Lipinski definition) is 2. The summed E-state index contributed by atoms with van der Waals surface area (Å²) in [5, 5.41) is 14.4. The van der Waals surface area contributed by atoms with Gasteiger partial charge in [-0.15, -0.1) is 0 Å². The van der Waals surface area contributed by atoms with Crippen LogP contribution in [0.4, 0.5) is 22.1 Å². The summed E-state index contributed by atoms with van der Waals surface area (Å²) in [6.07, 6.45) is 1.65. The fourth-order valence-electron chi connectivity index (χ4n) is 4.40. The standard InChI is InChI=1S/C25H29N5O4/c1-25(2,32)22-14-30(24(31)34-22)18-6-5-16-12-26-23(27-19(16)11-18)28-20-9-17-13-29(3)8-7-15(17)10-21(20)33-4/h5-6,9-12,22,32H,7-8,13-14H2,1-4H3,(H,26,27,28). The second kappa shape index (κ2) is 8.41. The van der Waals surface area contributed by atoms with Crippen LogP contribution < -0.4 is 15.0 Å². The number of anilines is 3. The summed E-state index contributed by atoms with van der Waals surface area (Å²) in [6, 6.07) is 9.71. The molecule has 0 aliphatic carbocycles. The third-order valence-electron chi connectivity index (χ3n) is 6.45. The Balaban J connectivity index is 1.44. The predicted octanol–water partition coefficient (Wildman–Crippen LogP) is 3.47. The van der Waals surface area contributed by atoms with E-state index in [-0.39, 0.29) is 6.54 Å². The van der Waals surface area contributed by atoms with Crippen molar-refractivity contribution in [3.05, 3.63) is 47.7 Å². The van der Waals surface area contributed by atoms with Gasteiger partial charge in [-0.25, -0.2) is 14.8 Å². The minimum atomic E-state index is -1.12. The molecule has 0 bridgehead atoms. The molecule has 1 fully saturated rings. The number of hydrogen-bond acceptors (Lipinski definition) is 8. The molecule has 2 aliphatic rings. The van der Waals surface area contributed by atoms with Crippen molar-refractivity contribution in [3.63, 3.8) is 0 Å². The van der Waals surface area contributed by atoms with E-state index < -0.39 is 17.8 Å². The molecule has 5 rings (SSSR count). The minimum Gasteiger partial charge on any atom is -0.495 e. The first-order valence-electron chi connectivity index (χ1n) is 11.3. The lowest BCUT2D eigenvalue weighted by atomic mass is 9.99. The molecule has 0 spiro atoms. The third-order valence-corrected chi connectivity index (χ3v) is 6.45. The van der Waals surface area contributed by atoms with Crippen molar-refractivity contribution in [3.8, 4) is 5.75 Å². The van der Waals surface area contributed by atoms with Crippen molar-refractivity contribution in [2.75, 3.05) is 37.5 Å². The summed E-state index contributed by atoms with van der Waals surface area (Å²) >= 11 is 0. The van der Waals surface area contributed by atoms with E-state index >= 15 is 0 Å². The second-order valence-electron chi connectivity index (χ2n) is 9.51. The van der Waals surface area contributed by atoms with Crippen molar-refractivity contribution in [2.24, 2.45) is 0 Å². The zero-order valence-electron chi connectivity index (χ0n) is 19.8. The molecule has 0 radical (unpaired) electrons. The summed E-state index contributed by atoms with van der Waals surface area (Å²) in [6.45, 7) is 5.44. The Morgan fingerprint density at radius 2 is 2.06 bits per heavy atom. The van der Waals surface area contributed by atoms with Crippen LogP contribution in [0.5, 0.6) is 5.75 Å². The van der Waals surface area contributed by atoms with Crippen LogP contribution in [0.2, 0.25) is 0 Å². The van der Waals surface area contributed by atoms with Gasteiger partial charge in [0.05, 0.1) is 30.5 Å². The number of nitrogens with zero attached hydrogens (tertiary/aromatic N) is 4. The van der Waals surface area contributed by atoms with Crippen LogP contribution in [0.15, 0.2) is 36.5 Å². The number of fused-ring (bicyclic) bond motifs is 2. The molecule has 2 aromatic carbocycles. The normalized spacial score (nSPS) is 18.7. The van der Waals surface area contributed by atoms with Gasteiger partial charge in [-0.05, 0) is 68.8 Å².